The van der Waals surface area contributed by atoms with Gasteiger partial charge in [0.2, 0.25) is 0 Å². The third-order valence-corrected chi connectivity index (χ3v) is 4.14. The lowest BCUT2D eigenvalue weighted by Gasteiger charge is -2.45. The molecular weight excluding hydrogens is 222 g/mol. The summed E-state index contributed by atoms with van der Waals surface area (Å²) in [5, 5.41) is 3.48. The molecule has 18 heavy (non-hydrogen) atoms. The van der Waals surface area contributed by atoms with Crippen LogP contribution < -0.4 is 5.32 Å². The van der Waals surface area contributed by atoms with Crippen molar-refractivity contribution < 1.29 is 4.74 Å². The third-order valence-electron chi connectivity index (χ3n) is 4.14. The van der Waals surface area contributed by atoms with Gasteiger partial charge in [0.15, 0.2) is 0 Å². The average molecular weight is 251 g/mol. The summed E-state index contributed by atoms with van der Waals surface area (Å²) in [6.07, 6.45) is 7.07. The van der Waals surface area contributed by atoms with E-state index in [-0.39, 0.29) is 5.60 Å². The summed E-state index contributed by atoms with van der Waals surface area (Å²) >= 11 is 0. The number of hydrogen-bond acceptors (Lipinski definition) is 2. The van der Waals surface area contributed by atoms with Crippen molar-refractivity contribution in [2.75, 3.05) is 13.7 Å². The average Bonchev–Trinajstić information content (AvgIpc) is 2.35. The lowest BCUT2D eigenvalue weighted by molar-refractivity contribution is -0.100. The van der Waals surface area contributed by atoms with E-state index in [1.54, 1.807) is 0 Å². The van der Waals surface area contributed by atoms with Gasteiger partial charge in [-0.1, -0.05) is 19.8 Å². The molecule has 0 amide bonds. The van der Waals surface area contributed by atoms with Crippen LogP contribution in [0.2, 0.25) is 0 Å². The fourth-order valence-electron chi connectivity index (χ4n) is 3.39. The Morgan fingerprint density at radius 3 is 2.83 bits per heavy atom. The summed E-state index contributed by atoms with van der Waals surface area (Å²) in [6, 6.07) is 0.432. The van der Waals surface area contributed by atoms with Gasteiger partial charge in [-0.3, -0.25) is 0 Å². The highest BCUT2D eigenvalue weighted by Gasteiger charge is 2.41. The van der Waals surface area contributed by atoms with Crippen LogP contribution in [0.3, 0.4) is 0 Å². The van der Waals surface area contributed by atoms with Crippen LogP contribution >= 0.6 is 0 Å². The van der Waals surface area contributed by atoms with E-state index in [1.165, 1.54) is 25.7 Å². The summed E-state index contributed by atoms with van der Waals surface area (Å²) in [6.45, 7) is 7.19. The number of hydrogen-bond donors (Lipinski definition) is 1. The second-order valence-electron chi connectivity index (χ2n) is 5.51. The van der Waals surface area contributed by atoms with Crippen molar-refractivity contribution in [3.8, 4) is 11.8 Å². The quantitative estimate of drug-likeness (QED) is 0.731. The van der Waals surface area contributed by atoms with Gasteiger partial charge in [0.05, 0.1) is 5.60 Å². The Labute approximate surface area is 113 Å². The minimum absolute atomic E-state index is 0.0383. The van der Waals surface area contributed by atoms with Gasteiger partial charge < -0.3 is 10.1 Å². The first-order valence-electron chi connectivity index (χ1n) is 7.39. The molecule has 0 aromatic heterocycles. The smallest absolute Gasteiger partial charge is 0.0837 e. The fraction of sp³-hybridized carbons (Fsp3) is 0.875. The zero-order valence-corrected chi connectivity index (χ0v) is 12.5. The van der Waals surface area contributed by atoms with Gasteiger partial charge in [0.25, 0.3) is 0 Å². The van der Waals surface area contributed by atoms with Crippen molar-refractivity contribution in [1.82, 2.24) is 5.32 Å². The van der Waals surface area contributed by atoms with Gasteiger partial charge in [0, 0.05) is 19.1 Å². The van der Waals surface area contributed by atoms with Crippen molar-refractivity contribution in [2.45, 2.75) is 70.9 Å². The predicted octanol–water partition coefficient (Wildman–Crippen LogP) is 3.36. The molecule has 1 rings (SSSR count). The Bertz CT molecular complexity index is 287. The Kier molecular flexibility index (Phi) is 6.75. The van der Waals surface area contributed by atoms with Crippen molar-refractivity contribution in [2.24, 2.45) is 5.92 Å². The Morgan fingerprint density at radius 2 is 2.28 bits per heavy atom. The molecule has 2 heteroatoms. The zero-order chi connectivity index (χ0) is 13.4. The molecule has 0 spiro atoms. The van der Waals surface area contributed by atoms with Crippen molar-refractivity contribution in [1.29, 1.82) is 0 Å². The minimum atomic E-state index is 0.0383. The number of nitrogens with one attached hydrogen (secondary N) is 1. The predicted molar refractivity (Wildman–Crippen MR) is 77.5 cm³/mol. The number of ether oxygens (including phenoxy) is 1. The lowest BCUT2D eigenvalue weighted by Crippen LogP contribution is -2.54. The summed E-state index contributed by atoms with van der Waals surface area (Å²) in [4.78, 5) is 0. The molecule has 3 unspecified atom stereocenters. The first-order valence-corrected chi connectivity index (χ1v) is 7.39. The second-order valence-corrected chi connectivity index (χ2v) is 5.51. The Morgan fingerprint density at radius 1 is 1.50 bits per heavy atom. The molecule has 0 bridgehead atoms. The molecule has 0 aromatic rings. The fourth-order valence-corrected chi connectivity index (χ4v) is 3.39. The van der Waals surface area contributed by atoms with E-state index in [9.17, 15) is 0 Å². The lowest BCUT2D eigenvalue weighted by atomic mass is 9.73. The van der Waals surface area contributed by atoms with Gasteiger partial charge in [0.1, 0.15) is 0 Å². The van der Waals surface area contributed by atoms with Crippen LogP contribution in [0.4, 0.5) is 0 Å². The standard InChI is InChI=1S/C16H29NO/c1-5-7-8-11-15(17-4)16(18-6-2)12-9-10-14(3)13-16/h14-15,17H,6,8-13H2,1-4H3. The van der Waals surface area contributed by atoms with E-state index < -0.39 is 0 Å². The van der Waals surface area contributed by atoms with Crippen LogP contribution in [-0.4, -0.2) is 25.3 Å². The molecule has 1 aliphatic rings. The topological polar surface area (TPSA) is 21.3 Å². The first kappa shape index (κ1) is 15.5. The van der Waals surface area contributed by atoms with Gasteiger partial charge >= 0.3 is 0 Å². The maximum absolute atomic E-state index is 6.21. The highest BCUT2D eigenvalue weighted by molar-refractivity contribution is 5.01. The monoisotopic (exact) mass is 251 g/mol. The number of likely N-dealkylation sites (N-methyl/N-ethyl adjacent to an activating group) is 1. The highest BCUT2D eigenvalue weighted by atomic mass is 16.5. The zero-order valence-electron chi connectivity index (χ0n) is 12.5. The van der Waals surface area contributed by atoms with Crippen LogP contribution in [0, 0.1) is 17.8 Å². The van der Waals surface area contributed by atoms with Gasteiger partial charge in [-0.2, -0.15) is 0 Å². The molecule has 0 saturated heterocycles. The second kappa shape index (κ2) is 7.81. The van der Waals surface area contributed by atoms with Gasteiger partial charge in [-0.05, 0) is 46.1 Å². The normalized spacial score (nSPS) is 29.4. The molecule has 1 N–H and O–H groups in total. The molecule has 104 valence electrons. The molecule has 0 heterocycles. The van der Waals surface area contributed by atoms with Gasteiger partial charge in [-0.15, -0.1) is 11.8 Å². The largest absolute Gasteiger partial charge is 0.374 e. The minimum Gasteiger partial charge on any atom is -0.374 e. The van der Waals surface area contributed by atoms with E-state index in [1.807, 2.05) is 6.92 Å². The van der Waals surface area contributed by atoms with Crippen LogP contribution in [0.15, 0.2) is 0 Å². The molecule has 1 aliphatic carbocycles. The van der Waals surface area contributed by atoms with Crippen molar-refractivity contribution >= 4 is 0 Å². The summed E-state index contributed by atoms with van der Waals surface area (Å²) < 4.78 is 6.21. The third kappa shape index (κ3) is 4.00. The van der Waals surface area contributed by atoms with E-state index in [4.69, 9.17) is 4.74 Å². The van der Waals surface area contributed by atoms with E-state index >= 15 is 0 Å². The van der Waals surface area contributed by atoms with E-state index in [2.05, 4.69) is 38.1 Å². The molecule has 0 aromatic carbocycles. The molecule has 0 radical (unpaired) electrons. The van der Waals surface area contributed by atoms with Crippen LogP contribution in [-0.2, 0) is 4.74 Å². The maximum atomic E-state index is 6.21. The van der Waals surface area contributed by atoms with Crippen molar-refractivity contribution in [3.63, 3.8) is 0 Å². The van der Waals surface area contributed by atoms with Crippen LogP contribution in [0.5, 0.6) is 0 Å². The number of rotatable bonds is 6. The van der Waals surface area contributed by atoms with Crippen LogP contribution in [0.25, 0.3) is 0 Å². The first-order chi connectivity index (χ1) is 8.68. The molecule has 2 nitrogen and oxygen atoms in total. The van der Waals surface area contributed by atoms with Crippen molar-refractivity contribution in [3.05, 3.63) is 0 Å². The molecule has 1 saturated carbocycles. The SMILES string of the molecule is CC#CCCC(NC)C1(OCC)CCCC(C)C1. The maximum Gasteiger partial charge on any atom is 0.0837 e. The van der Waals surface area contributed by atoms with E-state index in [0.29, 0.717) is 6.04 Å². The molecular formula is C16H29NO. The molecule has 1 fully saturated rings. The summed E-state index contributed by atoms with van der Waals surface area (Å²) in [7, 11) is 2.06. The Balaban J connectivity index is 2.74. The summed E-state index contributed by atoms with van der Waals surface area (Å²) in [5.74, 6) is 6.94. The van der Waals surface area contributed by atoms with Crippen LogP contribution in [0.1, 0.15) is 59.3 Å². The molecule has 3 atom stereocenters. The van der Waals surface area contributed by atoms with Gasteiger partial charge in [-0.25, -0.2) is 0 Å². The highest BCUT2D eigenvalue weighted by Crippen LogP contribution is 2.38. The van der Waals surface area contributed by atoms with E-state index in [0.717, 1.165) is 25.4 Å². The molecule has 0 aliphatic heterocycles. The summed E-state index contributed by atoms with van der Waals surface area (Å²) in [5.41, 5.74) is 0.0383. The Hall–Kier alpha value is -0.520.